The predicted molar refractivity (Wildman–Crippen MR) is 101 cm³/mol. The number of rotatable bonds is 7. The molecule has 2 aliphatic rings. The fourth-order valence-electron chi connectivity index (χ4n) is 3.38. The van der Waals surface area contributed by atoms with Crippen molar-refractivity contribution in [2.45, 2.75) is 52.1 Å². The fourth-order valence-corrected chi connectivity index (χ4v) is 3.38. The number of morpholine rings is 1. The predicted octanol–water partition coefficient (Wildman–Crippen LogP) is 1.14. The molecule has 6 nitrogen and oxygen atoms in total. The monoisotopic (exact) mass is 339 g/mol. The van der Waals surface area contributed by atoms with E-state index < -0.39 is 0 Å². The van der Waals surface area contributed by atoms with Gasteiger partial charge in [0.2, 0.25) is 0 Å². The second-order valence-corrected chi connectivity index (χ2v) is 7.12. The van der Waals surface area contributed by atoms with Crippen LogP contribution in [0.1, 0.15) is 40.0 Å². The quantitative estimate of drug-likeness (QED) is 0.414. The average Bonchev–Trinajstić information content (AvgIpc) is 2.60. The van der Waals surface area contributed by atoms with E-state index >= 15 is 0 Å². The van der Waals surface area contributed by atoms with Crippen LogP contribution in [-0.2, 0) is 4.74 Å². The van der Waals surface area contributed by atoms with Gasteiger partial charge in [-0.15, -0.1) is 0 Å². The third-order valence-corrected chi connectivity index (χ3v) is 4.95. The van der Waals surface area contributed by atoms with Gasteiger partial charge in [-0.05, 0) is 40.0 Å². The summed E-state index contributed by atoms with van der Waals surface area (Å²) in [5.74, 6) is 0.988. The van der Waals surface area contributed by atoms with Crippen molar-refractivity contribution in [3.05, 3.63) is 0 Å². The summed E-state index contributed by atoms with van der Waals surface area (Å²) in [6.45, 7) is 15.9. The Morgan fingerprint density at radius 2 is 1.88 bits per heavy atom. The molecule has 24 heavy (non-hydrogen) atoms. The van der Waals surface area contributed by atoms with Gasteiger partial charge in [0.25, 0.3) is 0 Å². The van der Waals surface area contributed by atoms with Gasteiger partial charge in [-0.1, -0.05) is 0 Å². The highest BCUT2D eigenvalue weighted by Crippen LogP contribution is 2.12. The molecule has 2 aliphatic heterocycles. The van der Waals surface area contributed by atoms with Crippen molar-refractivity contribution in [3.8, 4) is 0 Å². The lowest BCUT2D eigenvalue weighted by Crippen LogP contribution is -2.49. The molecule has 2 saturated heterocycles. The smallest absolute Gasteiger partial charge is 0.191 e. The van der Waals surface area contributed by atoms with Crippen molar-refractivity contribution in [2.75, 3.05) is 59.0 Å². The molecule has 0 aliphatic carbocycles. The number of piperidine rings is 1. The molecule has 0 radical (unpaired) electrons. The molecule has 0 atom stereocenters. The third-order valence-electron chi connectivity index (χ3n) is 4.95. The first-order valence-electron chi connectivity index (χ1n) is 9.78. The Kier molecular flexibility index (Phi) is 8.84. The summed E-state index contributed by atoms with van der Waals surface area (Å²) in [5, 5.41) is 7.03. The van der Waals surface area contributed by atoms with Gasteiger partial charge in [0.05, 0.1) is 13.2 Å². The minimum absolute atomic E-state index is 0.553. The molecule has 2 heterocycles. The van der Waals surface area contributed by atoms with Gasteiger partial charge in [-0.25, -0.2) is 0 Å². The van der Waals surface area contributed by atoms with Crippen LogP contribution in [-0.4, -0.2) is 86.9 Å². The summed E-state index contributed by atoms with van der Waals surface area (Å²) < 4.78 is 5.39. The zero-order chi connectivity index (χ0) is 17.2. The Bertz CT molecular complexity index is 360. The topological polar surface area (TPSA) is 52.1 Å². The van der Waals surface area contributed by atoms with Crippen molar-refractivity contribution in [1.29, 1.82) is 0 Å². The van der Waals surface area contributed by atoms with Gasteiger partial charge >= 0.3 is 0 Å². The molecule has 0 saturated carbocycles. The second kappa shape index (κ2) is 10.9. The molecule has 2 N–H and O–H groups in total. The molecule has 0 unspecified atom stereocenters. The Hall–Kier alpha value is -0.850. The van der Waals surface area contributed by atoms with Gasteiger partial charge in [-0.2, -0.15) is 0 Å². The maximum atomic E-state index is 5.39. The molecule has 0 aromatic rings. The van der Waals surface area contributed by atoms with E-state index in [2.05, 4.69) is 41.2 Å². The van der Waals surface area contributed by atoms with E-state index in [0.717, 1.165) is 58.3 Å². The molecule has 0 amide bonds. The first-order chi connectivity index (χ1) is 11.7. The van der Waals surface area contributed by atoms with Crippen molar-refractivity contribution in [1.82, 2.24) is 20.4 Å². The Morgan fingerprint density at radius 1 is 1.17 bits per heavy atom. The maximum Gasteiger partial charge on any atom is 0.191 e. The minimum Gasteiger partial charge on any atom is -0.379 e. The standard InChI is InChI=1S/C18H37N5O/c1-4-19-18(20-8-5-9-22-12-14-24-15-13-22)21-17-6-10-23(11-7-17)16(2)3/h16-17H,4-15H2,1-3H3,(H2,19,20,21). The number of nitrogens with one attached hydrogen (secondary N) is 2. The summed E-state index contributed by atoms with van der Waals surface area (Å²) in [6.07, 6.45) is 3.52. The van der Waals surface area contributed by atoms with Crippen molar-refractivity contribution in [3.63, 3.8) is 0 Å². The summed E-state index contributed by atoms with van der Waals surface area (Å²) in [6, 6.07) is 1.21. The SMILES string of the molecule is CCNC(=NCCCN1CCOCC1)NC1CCN(C(C)C)CC1. The Labute approximate surface area is 148 Å². The van der Waals surface area contributed by atoms with Gasteiger partial charge in [-0.3, -0.25) is 9.89 Å². The molecular weight excluding hydrogens is 302 g/mol. The number of hydrogen-bond donors (Lipinski definition) is 2. The summed E-state index contributed by atoms with van der Waals surface area (Å²) in [5.41, 5.74) is 0. The Morgan fingerprint density at radius 3 is 2.50 bits per heavy atom. The molecule has 2 fully saturated rings. The van der Waals surface area contributed by atoms with Gasteiger partial charge in [0, 0.05) is 57.9 Å². The van der Waals surface area contributed by atoms with E-state index in [1.807, 2.05) is 0 Å². The number of ether oxygens (including phenoxy) is 1. The molecule has 0 aromatic heterocycles. The van der Waals surface area contributed by atoms with E-state index in [1.165, 1.54) is 25.9 Å². The number of likely N-dealkylation sites (tertiary alicyclic amines) is 1. The summed E-state index contributed by atoms with van der Waals surface area (Å²) in [7, 11) is 0. The first-order valence-corrected chi connectivity index (χ1v) is 9.78. The molecule has 2 rings (SSSR count). The highest BCUT2D eigenvalue weighted by molar-refractivity contribution is 5.80. The molecule has 0 bridgehead atoms. The van der Waals surface area contributed by atoms with E-state index in [-0.39, 0.29) is 0 Å². The van der Waals surface area contributed by atoms with Crippen LogP contribution in [0.25, 0.3) is 0 Å². The number of guanidine groups is 1. The van der Waals surface area contributed by atoms with Crippen molar-refractivity contribution in [2.24, 2.45) is 4.99 Å². The minimum atomic E-state index is 0.553. The van der Waals surface area contributed by atoms with Gasteiger partial charge < -0.3 is 20.3 Å². The fraction of sp³-hybridized carbons (Fsp3) is 0.944. The second-order valence-electron chi connectivity index (χ2n) is 7.12. The van der Waals surface area contributed by atoms with Crippen LogP contribution in [0.5, 0.6) is 0 Å². The van der Waals surface area contributed by atoms with Crippen LogP contribution >= 0.6 is 0 Å². The van der Waals surface area contributed by atoms with E-state index in [0.29, 0.717) is 12.1 Å². The van der Waals surface area contributed by atoms with Gasteiger partial charge in [0.15, 0.2) is 5.96 Å². The average molecular weight is 340 g/mol. The largest absolute Gasteiger partial charge is 0.379 e. The first kappa shape index (κ1) is 19.5. The summed E-state index contributed by atoms with van der Waals surface area (Å²) in [4.78, 5) is 9.80. The summed E-state index contributed by atoms with van der Waals surface area (Å²) >= 11 is 0. The molecule has 6 heteroatoms. The highest BCUT2D eigenvalue weighted by Gasteiger charge is 2.21. The van der Waals surface area contributed by atoms with Crippen LogP contribution in [0.4, 0.5) is 0 Å². The zero-order valence-corrected chi connectivity index (χ0v) is 15.9. The number of aliphatic imine (C=N–C) groups is 1. The molecular formula is C18H37N5O. The van der Waals surface area contributed by atoms with Crippen LogP contribution in [0.15, 0.2) is 4.99 Å². The number of nitrogens with zero attached hydrogens (tertiary/aromatic N) is 3. The normalized spacial score (nSPS) is 22.1. The Balaban J connectivity index is 1.68. The van der Waals surface area contributed by atoms with E-state index in [9.17, 15) is 0 Å². The van der Waals surface area contributed by atoms with E-state index in [1.54, 1.807) is 0 Å². The molecule has 0 spiro atoms. The van der Waals surface area contributed by atoms with Crippen LogP contribution in [0, 0.1) is 0 Å². The van der Waals surface area contributed by atoms with Gasteiger partial charge in [0.1, 0.15) is 0 Å². The zero-order valence-electron chi connectivity index (χ0n) is 15.9. The lowest BCUT2D eigenvalue weighted by molar-refractivity contribution is 0.0377. The van der Waals surface area contributed by atoms with Crippen molar-refractivity contribution < 1.29 is 4.74 Å². The molecule has 140 valence electrons. The lowest BCUT2D eigenvalue weighted by Gasteiger charge is -2.35. The lowest BCUT2D eigenvalue weighted by atomic mass is 10.0. The van der Waals surface area contributed by atoms with Crippen LogP contribution in [0.2, 0.25) is 0 Å². The van der Waals surface area contributed by atoms with Crippen LogP contribution in [0.3, 0.4) is 0 Å². The van der Waals surface area contributed by atoms with E-state index in [4.69, 9.17) is 9.73 Å². The number of hydrogen-bond acceptors (Lipinski definition) is 4. The molecule has 0 aromatic carbocycles. The van der Waals surface area contributed by atoms with Crippen LogP contribution < -0.4 is 10.6 Å². The third kappa shape index (κ3) is 6.95. The maximum absolute atomic E-state index is 5.39. The highest BCUT2D eigenvalue weighted by atomic mass is 16.5. The van der Waals surface area contributed by atoms with Crippen molar-refractivity contribution >= 4 is 5.96 Å².